The van der Waals surface area contributed by atoms with Crippen molar-refractivity contribution in [1.82, 2.24) is 9.78 Å². The summed E-state index contributed by atoms with van der Waals surface area (Å²) in [4.78, 5) is 0. The van der Waals surface area contributed by atoms with Crippen LogP contribution in [0.3, 0.4) is 0 Å². The molecule has 0 radical (unpaired) electrons. The van der Waals surface area contributed by atoms with Crippen LogP contribution in [-0.4, -0.2) is 16.3 Å². The fraction of sp³-hybridized carbons (Fsp3) is 0.700. The molecule has 0 amide bonds. The van der Waals surface area contributed by atoms with E-state index in [9.17, 15) is 0 Å². The number of nitrogens with zero attached hydrogens (tertiary/aromatic N) is 2. The number of hydrogen-bond acceptors (Lipinski definition) is 2. The Kier molecular flexibility index (Phi) is 3.22. The van der Waals surface area contributed by atoms with Crippen molar-refractivity contribution >= 4 is 11.6 Å². The zero-order valence-electron chi connectivity index (χ0n) is 9.26. The summed E-state index contributed by atoms with van der Waals surface area (Å²) in [5.74, 6) is 0. The molecule has 4 heteroatoms. The van der Waals surface area contributed by atoms with Crippen LogP contribution in [0.1, 0.15) is 25.1 Å². The zero-order valence-corrected chi connectivity index (χ0v) is 10.0. The van der Waals surface area contributed by atoms with Crippen LogP contribution in [0.15, 0.2) is 0 Å². The SMILES string of the molecule is Cc1nn(C)c(Cl)c1CC(C)(C)CN. The first-order valence-corrected chi connectivity index (χ1v) is 5.13. The van der Waals surface area contributed by atoms with Gasteiger partial charge in [0.25, 0.3) is 0 Å². The first-order valence-electron chi connectivity index (χ1n) is 4.75. The van der Waals surface area contributed by atoms with Crippen LogP contribution in [0.25, 0.3) is 0 Å². The van der Waals surface area contributed by atoms with Gasteiger partial charge < -0.3 is 5.73 Å². The Morgan fingerprint density at radius 2 is 2.07 bits per heavy atom. The van der Waals surface area contributed by atoms with Crippen molar-refractivity contribution in [2.75, 3.05) is 6.54 Å². The highest BCUT2D eigenvalue weighted by Crippen LogP contribution is 2.27. The van der Waals surface area contributed by atoms with Gasteiger partial charge in [-0.3, -0.25) is 4.68 Å². The molecule has 0 unspecified atom stereocenters. The highest BCUT2D eigenvalue weighted by molar-refractivity contribution is 6.30. The molecule has 0 atom stereocenters. The summed E-state index contributed by atoms with van der Waals surface area (Å²) in [5.41, 5.74) is 7.89. The fourth-order valence-corrected chi connectivity index (χ4v) is 1.67. The number of aryl methyl sites for hydroxylation is 2. The van der Waals surface area contributed by atoms with Crippen molar-refractivity contribution in [3.05, 3.63) is 16.4 Å². The summed E-state index contributed by atoms with van der Waals surface area (Å²) in [6.45, 7) is 6.90. The number of aromatic nitrogens is 2. The topological polar surface area (TPSA) is 43.8 Å². The Labute approximate surface area is 90.2 Å². The average molecular weight is 216 g/mol. The van der Waals surface area contributed by atoms with Crippen molar-refractivity contribution in [3.8, 4) is 0 Å². The molecule has 0 fully saturated rings. The molecule has 1 heterocycles. The highest BCUT2D eigenvalue weighted by atomic mass is 35.5. The summed E-state index contributed by atoms with van der Waals surface area (Å²) >= 11 is 6.14. The number of hydrogen-bond donors (Lipinski definition) is 1. The van der Waals surface area contributed by atoms with E-state index in [2.05, 4.69) is 18.9 Å². The number of halogens is 1. The van der Waals surface area contributed by atoms with E-state index in [1.807, 2.05) is 14.0 Å². The summed E-state index contributed by atoms with van der Waals surface area (Å²) in [6, 6.07) is 0. The third kappa shape index (κ3) is 2.28. The van der Waals surface area contributed by atoms with Crippen LogP contribution >= 0.6 is 11.6 Å². The predicted octanol–water partition coefficient (Wildman–Crippen LogP) is 1.91. The molecule has 80 valence electrons. The van der Waals surface area contributed by atoms with Gasteiger partial charge in [-0.05, 0) is 25.3 Å². The summed E-state index contributed by atoms with van der Waals surface area (Å²) in [7, 11) is 1.86. The molecule has 14 heavy (non-hydrogen) atoms. The normalized spacial score (nSPS) is 12.1. The molecule has 3 nitrogen and oxygen atoms in total. The summed E-state index contributed by atoms with van der Waals surface area (Å²) < 4.78 is 1.71. The van der Waals surface area contributed by atoms with E-state index in [0.717, 1.165) is 22.8 Å². The van der Waals surface area contributed by atoms with Crippen LogP contribution in [0.2, 0.25) is 5.15 Å². The minimum Gasteiger partial charge on any atom is -0.330 e. The van der Waals surface area contributed by atoms with E-state index in [0.29, 0.717) is 6.54 Å². The van der Waals surface area contributed by atoms with E-state index < -0.39 is 0 Å². The Morgan fingerprint density at radius 3 is 2.43 bits per heavy atom. The van der Waals surface area contributed by atoms with Crippen LogP contribution in [0, 0.1) is 12.3 Å². The maximum absolute atomic E-state index is 6.14. The Bertz CT molecular complexity index is 328. The van der Waals surface area contributed by atoms with Crippen molar-refractivity contribution < 1.29 is 0 Å². The van der Waals surface area contributed by atoms with E-state index in [4.69, 9.17) is 17.3 Å². The first-order chi connectivity index (χ1) is 6.37. The van der Waals surface area contributed by atoms with Crippen LogP contribution < -0.4 is 5.73 Å². The van der Waals surface area contributed by atoms with E-state index >= 15 is 0 Å². The molecular formula is C10H18ClN3. The van der Waals surface area contributed by atoms with Crippen molar-refractivity contribution in [2.45, 2.75) is 27.2 Å². The van der Waals surface area contributed by atoms with Gasteiger partial charge in [-0.1, -0.05) is 25.4 Å². The van der Waals surface area contributed by atoms with Gasteiger partial charge in [-0.15, -0.1) is 0 Å². The molecule has 0 saturated carbocycles. The lowest BCUT2D eigenvalue weighted by Crippen LogP contribution is -2.26. The minimum atomic E-state index is 0.0808. The zero-order chi connectivity index (χ0) is 10.9. The summed E-state index contributed by atoms with van der Waals surface area (Å²) in [6.07, 6.45) is 0.877. The van der Waals surface area contributed by atoms with Crippen LogP contribution in [-0.2, 0) is 13.5 Å². The van der Waals surface area contributed by atoms with Gasteiger partial charge in [-0.25, -0.2) is 0 Å². The molecule has 1 aromatic rings. The molecule has 0 aliphatic rings. The Morgan fingerprint density at radius 1 is 1.50 bits per heavy atom. The van der Waals surface area contributed by atoms with Gasteiger partial charge in [0.2, 0.25) is 0 Å². The van der Waals surface area contributed by atoms with E-state index in [-0.39, 0.29) is 5.41 Å². The minimum absolute atomic E-state index is 0.0808. The monoisotopic (exact) mass is 215 g/mol. The maximum Gasteiger partial charge on any atom is 0.130 e. The molecule has 0 aliphatic heterocycles. The summed E-state index contributed by atoms with van der Waals surface area (Å²) in [5, 5.41) is 5.00. The first kappa shape index (κ1) is 11.5. The fourth-order valence-electron chi connectivity index (χ4n) is 1.43. The van der Waals surface area contributed by atoms with Crippen molar-refractivity contribution in [1.29, 1.82) is 0 Å². The second-order valence-corrected chi connectivity index (χ2v) is 4.88. The maximum atomic E-state index is 6.14. The third-order valence-electron chi connectivity index (χ3n) is 2.48. The lowest BCUT2D eigenvalue weighted by molar-refractivity contribution is 0.376. The second kappa shape index (κ2) is 3.91. The highest BCUT2D eigenvalue weighted by Gasteiger charge is 2.21. The van der Waals surface area contributed by atoms with Gasteiger partial charge in [0, 0.05) is 12.6 Å². The Balaban J connectivity index is 2.97. The lowest BCUT2D eigenvalue weighted by Gasteiger charge is -2.21. The quantitative estimate of drug-likeness (QED) is 0.837. The van der Waals surface area contributed by atoms with E-state index in [1.165, 1.54) is 0 Å². The van der Waals surface area contributed by atoms with E-state index in [1.54, 1.807) is 4.68 Å². The molecule has 0 spiro atoms. The number of rotatable bonds is 3. The second-order valence-electron chi connectivity index (χ2n) is 4.52. The largest absolute Gasteiger partial charge is 0.330 e. The smallest absolute Gasteiger partial charge is 0.130 e. The molecule has 1 rings (SSSR count). The van der Waals surface area contributed by atoms with Crippen LogP contribution in [0.5, 0.6) is 0 Å². The molecule has 0 bridgehead atoms. The van der Waals surface area contributed by atoms with Crippen LogP contribution in [0.4, 0.5) is 0 Å². The molecule has 0 aromatic carbocycles. The van der Waals surface area contributed by atoms with Crippen molar-refractivity contribution in [2.24, 2.45) is 18.2 Å². The lowest BCUT2D eigenvalue weighted by atomic mass is 9.86. The van der Waals surface area contributed by atoms with Gasteiger partial charge in [0.05, 0.1) is 5.69 Å². The Hall–Kier alpha value is -0.540. The standard InChI is InChI=1S/C10H18ClN3/c1-7-8(5-10(2,3)6-12)9(11)14(4)13-7/h5-6,12H2,1-4H3. The van der Waals surface area contributed by atoms with Gasteiger partial charge in [0.15, 0.2) is 0 Å². The third-order valence-corrected chi connectivity index (χ3v) is 2.95. The van der Waals surface area contributed by atoms with Gasteiger partial charge in [-0.2, -0.15) is 5.10 Å². The van der Waals surface area contributed by atoms with Crippen molar-refractivity contribution in [3.63, 3.8) is 0 Å². The molecule has 0 saturated heterocycles. The molecule has 2 N–H and O–H groups in total. The molecular weight excluding hydrogens is 198 g/mol. The van der Waals surface area contributed by atoms with Gasteiger partial charge >= 0.3 is 0 Å². The van der Waals surface area contributed by atoms with Gasteiger partial charge in [0.1, 0.15) is 5.15 Å². The molecule has 1 aromatic heterocycles. The predicted molar refractivity (Wildman–Crippen MR) is 59.5 cm³/mol. The molecule has 0 aliphatic carbocycles. The average Bonchev–Trinajstić information content (AvgIpc) is 2.32. The number of nitrogens with two attached hydrogens (primary N) is 1.